The molecule has 1 atom stereocenters. The first-order chi connectivity index (χ1) is 10.3. The first-order valence-electron chi connectivity index (χ1n) is 7.28. The van der Waals surface area contributed by atoms with E-state index in [1.54, 1.807) is 10.9 Å². The lowest BCUT2D eigenvalue weighted by molar-refractivity contribution is -0.120. The molecule has 110 valence electrons. The standard InChI is InChI=1S/C16H19N3O2/c20-16(17-11-15-7-4-8-21-15)9-13-10-18-19(12-13)14-5-2-1-3-6-14/h1-3,5-6,10,12,15H,4,7-9,11H2,(H,17,20)/t15-/m1/s1. The zero-order valence-electron chi connectivity index (χ0n) is 11.9. The SMILES string of the molecule is O=C(Cc1cnn(-c2ccccc2)c1)NC[C@H]1CCCO1. The third-order valence-corrected chi connectivity index (χ3v) is 3.57. The molecular formula is C16H19N3O2. The van der Waals surface area contributed by atoms with E-state index in [1.165, 1.54) is 0 Å². The summed E-state index contributed by atoms with van der Waals surface area (Å²) in [5.74, 6) is 0.0121. The van der Waals surface area contributed by atoms with E-state index < -0.39 is 0 Å². The van der Waals surface area contributed by atoms with Crippen molar-refractivity contribution < 1.29 is 9.53 Å². The topological polar surface area (TPSA) is 56.2 Å². The minimum absolute atomic E-state index is 0.0121. The van der Waals surface area contributed by atoms with E-state index >= 15 is 0 Å². The largest absolute Gasteiger partial charge is 0.376 e. The molecule has 21 heavy (non-hydrogen) atoms. The Bertz CT molecular complexity index is 589. The fraction of sp³-hybridized carbons (Fsp3) is 0.375. The highest BCUT2D eigenvalue weighted by Gasteiger charge is 2.16. The number of rotatable bonds is 5. The van der Waals surface area contributed by atoms with Gasteiger partial charge in [-0.2, -0.15) is 5.10 Å². The van der Waals surface area contributed by atoms with Gasteiger partial charge < -0.3 is 10.1 Å². The molecule has 5 heteroatoms. The third-order valence-electron chi connectivity index (χ3n) is 3.57. The Balaban J connectivity index is 1.53. The van der Waals surface area contributed by atoms with Crippen molar-refractivity contribution in [1.29, 1.82) is 0 Å². The molecule has 1 fully saturated rings. The van der Waals surface area contributed by atoms with Gasteiger partial charge in [0.15, 0.2) is 0 Å². The maximum absolute atomic E-state index is 11.9. The molecule has 0 unspecified atom stereocenters. The van der Waals surface area contributed by atoms with Gasteiger partial charge in [-0.3, -0.25) is 4.79 Å². The Labute approximate surface area is 123 Å². The molecule has 0 bridgehead atoms. The summed E-state index contributed by atoms with van der Waals surface area (Å²) >= 11 is 0. The molecule has 0 aliphatic carbocycles. The quantitative estimate of drug-likeness (QED) is 0.910. The van der Waals surface area contributed by atoms with Crippen LogP contribution in [0.3, 0.4) is 0 Å². The number of benzene rings is 1. The molecule has 1 N–H and O–H groups in total. The van der Waals surface area contributed by atoms with Crippen molar-refractivity contribution in [2.45, 2.75) is 25.4 Å². The van der Waals surface area contributed by atoms with Crippen molar-refractivity contribution in [2.75, 3.05) is 13.2 Å². The molecule has 1 aliphatic rings. The molecular weight excluding hydrogens is 266 g/mol. The van der Waals surface area contributed by atoms with E-state index in [2.05, 4.69) is 10.4 Å². The van der Waals surface area contributed by atoms with Gasteiger partial charge in [0.05, 0.1) is 24.4 Å². The average molecular weight is 285 g/mol. The molecule has 1 aromatic heterocycles. The van der Waals surface area contributed by atoms with Crippen molar-refractivity contribution in [2.24, 2.45) is 0 Å². The van der Waals surface area contributed by atoms with Crippen LogP contribution in [0, 0.1) is 0 Å². The van der Waals surface area contributed by atoms with Gasteiger partial charge in [-0.25, -0.2) is 4.68 Å². The number of ether oxygens (including phenoxy) is 1. The number of hydrogen-bond acceptors (Lipinski definition) is 3. The highest BCUT2D eigenvalue weighted by Crippen LogP contribution is 2.11. The lowest BCUT2D eigenvalue weighted by Crippen LogP contribution is -2.32. The molecule has 0 radical (unpaired) electrons. The van der Waals surface area contributed by atoms with Crippen molar-refractivity contribution >= 4 is 5.91 Å². The van der Waals surface area contributed by atoms with Crippen LogP contribution in [-0.2, 0) is 16.0 Å². The fourth-order valence-electron chi connectivity index (χ4n) is 2.45. The Kier molecular flexibility index (Phi) is 4.31. The molecule has 5 nitrogen and oxygen atoms in total. The molecule has 1 amide bonds. The molecule has 1 saturated heterocycles. The number of aromatic nitrogens is 2. The fourth-order valence-corrected chi connectivity index (χ4v) is 2.45. The van der Waals surface area contributed by atoms with Crippen LogP contribution in [0.4, 0.5) is 0 Å². The number of hydrogen-bond donors (Lipinski definition) is 1. The average Bonchev–Trinajstić information content (AvgIpc) is 3.17. The smallest absolute Gasteiger partial charge is 0.224 e. The Morgan fingerprint density at radius 1 is 1.38 bits per heavy atom. The summed E-state index contributed by atoms with van der Waals surface area (Å²) in [6, 6.07) is 9.85. The Morgan fingerprint density at radius 2 is 2.24 bits per heavy atom. The van der Waals surface area contributed by atoms with Crippen LogP contribution in [0.2, 0.25) is 0 Å². The van der Waals surface area contributed by atoms with Crippen LogP contribution in [0.1, 0.15) is 18.4 Å². The molecule has 3 rings (SSSR count). The Morgan fingerprint density at radius 3 is 3.00 bits per heavy atom. The summed E-state index contributed by atoms with van der Waals surface area (Å²) in [7, 11) is 0. The summed E-state index contributed by atoms with van der Waals surface area (Å²) in [4.78, 5) is 11.9. The highest BCUT2D eigenvalue weighted by molar-refractivity contribution is 5.78. The van der Waals surface area contributed by atoms with Gasteiger partial charge in [-0.1, -0.05) is 18.2 Å². The van der Waals surface area contributed by atoms with E-state index in [4.69, 9.17) is 4.74 Å². The van der Waals surface area contributed by atoms with Crippen LogP contribution < -0.4 is 5.32 Å². The zero-order chi connectivity index (χ0) is 14.5. The van der Waals surface area contributed by atoms with Gasteiger partial charge in [-0.15, -0.1) is 0 Å². The van der Waals surface area contributed by atoms with Crippen molar-refractivity contribution in [3.63, 3.8) is 0 Å². The molecule has 0 spiro atoms. The summed E-state index contributed by atoms with van der Waals surface area (Å²) in [6.07, 6.45) is 6.27. The maximum Gasteiger partial charge on any atom is 0.224 e. The van der Waals surface area contributed by atoms with Crippen molar-refractivity contribution in [3.8, 4) is 5.69 Å². The van der Waals surface area contributed by atoms with Crippen LogP contribution in [-0.4, -0.2) is 34.9 Å². The monoisotopic (exact) mass is 285 g/mol. The van der Waals surface area contributed by atoms with Crippen molar-refractivity contribution in [1.82, 2.24) is 15.1 Å². The molecule has 1 aliphatic heterocycles. The lowest BCUT2D eigenvalue weighted by atomic mass is 10.2. The van der Waals surface area contributed by atoms with Gasteiger partial charge in [-0.05, 0) is 30.5 Å². The summed E-state index contributed by atoms with van der Waals surface area (Å²) < 4.78 is 7.26. The molecule has 1 aromatic carbocycles. The third kappa shape index (κ3) is 3.70. The van der Waals surface area contributed by atoms with Crippen LogP contribution in [0.5, 0.6) is 0 Å². The number of nitrogens with one attached hydrogen (secondary N) is 1. The minimum atomic E-state index is 0.0121. The van der Waals surface area contributed by atoms with E-state index in [9.17, 15) is 4.79 Å². The predicted molar refractivity (Wildman–Crippen MR) is 79.3 cm³/mol. The first kappa shape index (κ1) is 13.8. The van der Waals surface area contributed by atoms with E-state index in [0.717, 1.165) is 30.7 Å². The first-order valence-corrected chi connectivity index (χ1v) is 7.28. The number of para-hydroxylation sites is 1. The Hall–Kier alpha value is -2.14. The summed E-state index contributed by atoms with van der Waals surface area (Å²) in [5.41, 5.74) is 1.90. The highest BCUT2D eigenvalue weighted by atomic mass is 16.5. The predicted octanol–water partition coefficient (Wildman–Crippen LogP) is 1.71. The number of amides is 1. The summed E-state index contributed by atoms with van der Waals surface area (Å²) in [5, 5.41) is 7.21. The van der Waals surface area contributed by atoms with Gasteiger partial charge in [0.1, 0.15) is 0 Å². The van der Waals surface area contributed by atoms with E-state index in [-0.39, 0.29) is 12.0 Å². The van der Waals surface area contributed by atoms with Gasteiger partial charge in [0.25, 0.3) is 0 Å². The van der Waals surface area contributed by atoms with Crippen LogP contribution >= 0.6 is 0 Å². The van der Waals surface area contributed by atoms with E-state index in [1.807, 2.05) is 36.5 Å². The van der Waals surface area contributed by atoms with Gasteiger partial charge >= 0.3 is 0 Å². The van der Waals surface area contributed by atoms with Crippen LogP contribution in [0.25, 0.3) is 5.69 Å². The molecule has 2 heterocycles. The number of carbonyl (C=O) groups is 1. The maximum atomic E-state index is 11.9. The minimum Gasteiger partial charge on any atom is -0.376 e. The number of nitrogens with zero attached hydrogens (tertiary/aromatic N) is 2. The summed E-state index contributed by atoms with van der Waals surface area (Å²) in [6.45, 7) is 1.41. The van der Waals surface area contributed by atoms with Crippen LogP contribution in [0.15, 0.2) is 42.7 Å². The normalized spacial score (nSPS) is 17.8. The van der Waals surface area contributed by atoms with E-state index in [0.29, 0.717) is 13.0 Å². The second-order valence-corrected chi connectivity index (χ2v) is 5.24. The van der Waals surface area contributed by atoms with Crippen molar-refractivity contribution in [3.05, 3.63) is 48.3 Å². The lowest BCUT2D eigenvalue weighted by Gasteiger charge is -2.10. The van der Waals surface area contributed by atoms with Gasteiger partial charge in [0.2, 0.25) is 5.91 Å². The van der Waals surface area contributed by atoms with Gasteiger partial charge in [0, 0.05) is 19.3 Å². The molecule has 0 saturated carbocycles. The second-order valence-electron chi connectivity index (χ2n) is 5.24. The zero-order valence-corrected chi connectivity index (χ0v) is 11.9. The number of carbonyl (C=O) groups excluding carboxylic acids is 1. The second kappa shape index (κ2) is 6.54. The molecule has 2 aromatic rings.